The van der Waals surface area contributed by atoms with Crippen molar-refractivity contribution in [3.05, 3.63) is 86.3 Å². The normalized spacial score (nSPS) is 13.8. The zero-order valence-corrected chi connectivity index (χ0v) is 15.3. The highest BCUT2D eigenvalue weighted by atomic mass is 35.5. The molecule has 0 unspecified atom stereocenters. The lowest BCUT2D eigenvalue weighted by molar-refractivity contribution is 0.242. The monoisotopic (exact) mass is 376 g/mol. The van der Waals surface area contributed by atoms with Gasteiger partial charge < -0.3 is 4.98 Å². The Balaban J connectivity index is 1.57. The highest BCUT2D eigenvalue weighted by Crippen LogP contribution is 2.21. The minimum absolute atomic E-state index is 0.0968. The molecular weight excluding hydrogens is 360 g/mol. The van der Waals surface area contributed by atoms with Gasteiger partial charge in [-0.1, -0.05) is 23.7 Å². The van der Waals surface area contributed by atoms with E-state index in [9.17, 15) is 4.79 Å². The number of nitriles is 1. The average Bonchev–Trinajstić information content (AvgIpc) is 2.69. The van der Waals surface area contributed by atoms with Gasteiger partial charge in [-0.15, -0.1) is 0 Å². The third-order valence-electron chi connectivity index (χ3n) is 4.73. The van der Waals surface area contributed by atoms with Crippen molar-refractivity contribution in [3.8, 4) is 17.5 Å². The Hall–Kier alpha value is -2.94. The van der Waals surface area contributed by atoms with Crippen molar-refractivity contribution in [2.45, 2.75) is 19.5 Å². The lowest BCUT2D eigenvalue weighted by Crippen LogP contribution is -2.35. The van der Waals surface area contributed by atoms with Crippen molar-refractivity contribution in [1.82, 2.24) is 14.9 Å². The Morgan fingerprint density at radius 1 is 1.22 bits per heavy atom. The largest absolute Gasteiger partial charge is 0.306 e. The predicted molar refractivity (Wildman–Crippen MR) is 104 cm³/mol. The first-order valence-electron chi connectivity index (χ1n) is 8.72. The number of hydrogen-bond acceptors (Lipinski definition) is 4. The van der Waals surface area contributed by atoms with Crippen LogP contribution in [0.5, 0.6) is 0 Å². The standard InChI is InChI=1S/C21H17ClN4O/c22-17-6-4-16(5-7-17)20-24-19-8-9-26(13-18(19)21(27)25-20)12-15-3-1-2-14(10-15)11-23/h1-7,10H,8-9,12-13H2,(H,24,25,27). The first-order valence-corrected chi connectivity index (χ1v) is 9.09. The molecule has 0 amide bonds. The number of H-pyrrole nitrogens is 1. The average molecular weight is 377 g/mol. The molecule has 3 aromatic rings. The zero-order chi connectivity index (χ0) is 18.8. The van der Waals surface area contributed by atoms with E-state index in [1.165, 1.54) is 0 Å². The van der Waals surface area contributed by atoms with E-state index >= 15 is 0 Å². The molecule has 0 saturated heterocycles. The van der Waals surface area contributed by atoms with Crippen LogP contribution >= 0.6 is 11.6 Å². The van der Waals surface area contributed by atoms with Crippen LogP contribution in [-0.2, 0) is 19.5 Å². The van der Waals surface area contributed by atoms with Gasteiger partial charge in [-0.05, 0) is 42.0 Å². The van der Waals surface area contributed by atoms with Crippen LogP contribution in [0.15, 0.2) is 53.3 Å². The molecule has 0 fully saturated rings. The Labute approximate surface area is 161 Å². The molecule has 2 aromatic carbocycles. The molecule has 1 aliphatic heterocycles. The SMILES string of the molecule is N#Cc1cccc(CN2CCc3nc(-c4ccc(Cl)cc4)[nH]c(=O)c3C2)c1. The molecule has 1 N–H and O–H groups in total. The molecule has 6 heteroatoms. The number of aromatic nitrogens is 2. The number of aromatic amines is 1. The lowest BCUT2D eigenvalue weighted by atomic mass is 10.0. The summed E-state index contributed by atoms with van der Waals surface area (Å²) in [5.74, 6) is 0.575. The Kier molecular flexibility index (Phi) is 4.76. The van der Waals surface area contributed by atoms with Gasteiger partial charge >= 0.3 is 0 Å². The van der Waals surface area contributed by atoms with Gasteiger partial charge in [0.1, 0.15) is 5.82 Å². The summed E-state index contributed by atoms with van der Waals surface area (Å²) in [6.07, 6.45) is 0.720. The van der Waals surface area contributed by atoms with Gasteiger partial charge in [-0.3, -0.25) is 9.69 Å². The van der Waals surface area contributed by atoms with Gasteiger partial charge in [-0.25, -0.2) is 4.98 Å². The molecule has 0 bridgehead atoms. The maximum absolute atomic E-state index is 12.6. The van der Waals surface area contributed by atoms with Gasteiger partial charge in [-0.2, -0.15) is 5.26 Å². The van der Waals surface area contributed by atoms with Gasteiger partial charge in [0.05, 0.1) is 22.9 Å². The lowest BCUT2D eigenvalue weighted by Gasteiger charge is -2.27. The van der Waals surface area contributed by atoms with Crippen molar-refractivity contribution in [3.63, 3.8) is 0 Å². The van der Waals surface area contributed by atoms with Gasteiger partial charge in [0.25, 0.3) is 5.56 Å². The fourth-order valence-electron chi connectivity index (χ4n) is 3.36. The Morgan fingerprint density at radius 2 is 2.04 bits per heavy atom. The number of fused-ring (bicyclic) bond motifs is 1. The van der Waals surface area contributed by atoms with Crippen LogP contribution in [0, 0.1) is 11.3 Å². The highest BCUT2D eigenvalue weighted by molar-refractivity contribution is 6.30. The summed E-state index contributed by atoms with van der Waals surface area (Å²) in [7, 11) is 0. The molecule has 0 spiro atoms. The Morgan fingerprint density at radius 3 is 2.81 bits per heavy atom. The molecule has 27 heavy (non-hydrogen) atoms. The number of hydrogen-bond donors (Lipinski definition) is 1. The van der Waals surface area contributed by atoms with E-state index in [0.29, 0.717) is 29.5 Å². The van der Waals surface area contributed by atoms with Gasteiger partial charge in [0, 0.05) is 36.6 Å². The predicted octanol–water partition coefficient (Wildman–Crippen LogP) is 3.52. The van der Waals surface area contributed by atoms with Gasteiger partial charge in [0.15, 0.2) is 0 Å². The van der Waals surface area contributed by atoms with Crippen LogP contribution < -0.4 is 5.56 Å². The molecule has 134 valence electrons. The maximum atomic E-state index is 12.6. The van der Waals surface area contributed by atoms with E-state index in [1.54, 1.807) is 18.2 Å². The minimum Gasteiger partial charge on any atom is -0.306 e. The third kappa shape index (κ3) is 3.77. The number of nitrogens with zero attached hydrogens (tertiary/aromatic N) is 3. The van der Waals surface area contributed by atoms with Crippen molar-refractivity contribution in [2.24, 2.45) is 0 Å². The van der Waals surface area contributed by atoms with Crippen LogP contribution in [0.25, 0.3) is 11.4 Å². The van der Waals surface area contributed by atoms with Crippen LogP contribution in [-0.4, -0.2) is 21.4 Å². The van der Waals surface area contributed by atoms with E-state index in [0.717, 1.165) is 35.3 Å². The molecule has 0 radical (unpaired) electrons. The Bertz CT molecular complexity index is 1080. The minimum atomic E-state index is -0.0968. The van der Waals surface area contributed by atoms with E-state index in [-0.39, 0.29) is 5.56 Å². The summed E-state index contributed by atoms with van der Waals surface area (Å²) >= 11 is 5.93. The second-order valence-corrected chi connectivity index (χ2v) is 7.06. The molecular formula is C21H17ClN4O. The molecule has 0 aliphatic carbocycles. The van der Waals surface area contributed by atoms with Crippen LogP contribution in [0.4, 0.5) is 0 Å². The summed E-state index contributed by atoms with van der Waals surface area (Å²) < 4.78 is 0. The second-order valence-electron chi connectivity index (χ2n) is 6.62. The molecule has 1 aromatic heterocycles. The zero-order valence-electron chi connectivity index (χ0n) is 14.6. The summed E-state index contributed by atoms with van der Waals surface area (Å²) in [5.41, 5.74) is 4.04. The van der Waals surface area contributed by atoms with E-state index in [1.807, 2.05) is 30.3 Å². The summed E-state index contributed by atoms with van der Waals surface area (Å²) in [5, 5.41) is 9.69. The molecule has 1 aliphatic rings. The van der Waals surface area contributed by atoms with Crippen molar-refractivity contribution in [1.29, 1.82) is 5.26 Å². The molecule has 0 atom stereocenters. The molecule has 5 nitrogen and oxygen atoms in total. The molecule has 4 rings (SSSR count). The van der Waals surface area contributed by atoms with Crippen molar-refractivity contribution in [2.75, 3.05) is 6.54 Å². The second kappa shape index (κ2) is 7.36. The molecule has 2 heterocycles. The van der Waals surface area contributed by atoms with Crippen molar-refractivity contribution < 1.29 is 0 Å². The van der Waals surface area contributed by atoms with Crippen LogP contribution in [0.1, 0.15) is 22.4 Å². The fourth-order valence-corrected chi connectivity index (χ4v) is 3.48. The summed E-state index contributed by atoms with van der Waals surface area (Å²) in [6, 6.07) is 17.0. The third-order valence-corrected chi connectivity index (χ3v) is 4.98. The quantitative estimate of drug-likeness (QED) is 0.759. The first kappa shape index (κ1) is 17.5. The number of halogens is 1. The van der Waals surface area contributed by atoms with Crippen molar-refractivity contribution >= 4 is 11.6 Å². The summed E-state index contributed by atoms with van der Waals surface area (Å²) in [4.78, 5) is 22.4. The number of benzene rings is 2. The van der Waals surface area contributed by atoms with Crippen LogP contribution in [0.2, 0.25) is 5.02 Å². The molecule has 0 saturated carbocycles. The number of rotatable bonds is 3. The fraction of sp³-hybridized carbons (Fsp3) is 0.190. The van der Waals surface area contributed by atoms with Gasteiger partial charge in [0.2, 0.25) is 0 Å². The summed E-state index contributed by atoms with van der Waals surface area (Å²) in [6.45, 7) is 2.07. The maximum Gasteiger partial charge on any atom is 0.255 e. The van der Waals surface area contributed by atoms with E-state index in [2.05, 4.69) is 20.9 Å². The van der Waals surface area contributed by atoms with E-state index in [4.69, 9.17) is 16.9 Å². The topological polar surface area (TPSA) is 72.8 Å². The number of nitrogens with one attached hydrogen (secondary N) is 1. The smallest absolute Gasteiger partial charge is 0.255 e. The first-order chi connectivity index (χ1) is 13.1. The van der Waals surface area contributed by atoms with Crippen LogP contribution in [0.3, 0.4) is 0 Å². The van der Waals surface area contributed by atoms with E-state index < -0.39 is 0 Å². The highest BCUT2D eigenvalue weighted by Gasteiger charge is 2.21.